The Labute approximate surface area is 134 Å². The van der Waals surface area contributed by atoms with Gasteiger partial charge in [-0.3, -0.25) is 4.21 Å². The largest absolute Gasteiger partial charge is 0.466 e. The van der Waals surface area contributed by atoms with E-state index < -0.39 is 10.8 Å². The number of ether oxygens (including phenoxy) is 2. The van der Waals surface area contributed by atoms with Crippen molar-refractivity contribution in [1.82, 2.24) is 0 Å². The summed E-state index contributed by atoms with van der Waals surface area (Å²) in [4.78, 5) is 0.700. The Balaban J connectivity index is 2.57. The maximum Gasteiger partial charge on any atom is 0.188 e. The molecule has 0 unspecified atom stereocenters. The summed E-state index contributed by atoms with van der Waals surface area (Å²) in [5, 5.41) is 0. The highest BCUT2D eigenvalue weighted by molar-refractivity contribution is 7.86. The lowest BCUT2D eigenvalue weighted by atomic mass is 10.0. The van der Waals surface area contributed by atoms with Crippen LogP contribution in [0.4, 0.5) is 0 Å². The van der Waals surface area contributed by atoms with E-state index in [0.717, 1.165) is 11.1 Å². The van der Waals surface area contributed by atoms with Crippen LogP contribution in [0.15, 0.2) is 53.4 Å². The van der Waals surface area contributed by atoms with Crippen LogP contribution in [0, 0.1) is 0 Å². The van der Waals surface area contributed by atoms with Crippen molar-refractivity contribution in [2.24, 2.45) is 0 Å². The molecule has 22 heavy (non-hydrogen) atoms. The van der Waals surface area contributed by atoms with Crippen LogP contribution in [-0.2, 0) is 15.5 Å². The van der Waals surface area contributed by atoms with Gasteiger partial charge in [0.25, 0.3) is 0 Å². The van der Waals surface area contributed by atoms with Crippen molar-refractivity contribution in [1.29, 1.82) is 0 Å². The van der Waals surface area contributed by atoms with Crippen LogP contribution in [0.25, 0.3) is 11.1 Å². The highest BCUT2D eigenvalue weighted by atomic mass is 32.2. The first kappa shape index (κ1) is 16.7. The van der Waals surface area contributed by atoms with Crippen molar-refractivity contribution >= 4 is 10.8 Å². The van der Waals surface area contributed by atoms with Gasteiger partial charge in [0, 0.05) is 17.4 Å². The van der Waals surface area contributed by atoms with Gasteiger partial charge in [0.1, 0.15) is 5.75 Å². The molecule has 0 aromatic heterocycles. The molecule has 0 aliphatic rings. The smallest absolute Gasteiger partial charge is 0.188 e. The number of rotatable bonds is 5. The van der Waals surface area contributed by atoms with Gasteiger partial charge in [-0.15, -0.1) is 0 Å². The lowest BCUT2D eigenvalue weighted by Gasteiger charge is -2.21. The summed E-state index contributed by atoms with van der Waals surface area (Å²) < 4.78 is 23.3. The molecule has 2 aromatic rings. The van der Waals surface area contributed by atoms with Crippen LogP contribution in [-0.4, -0.2) is 22.9 Å². The van der Waals surface area contributed by atoms with Gasteiger partial charge in [0.15, 0.2) is 6.79 Å². The second-order valence-corrected chi connectivity index (χ2v) is 8.13. The van der Waals surface area contributed by atoms with Crippen LogP contribution in [0.1, 0.15) is 20.8 Å². The third-order valence-corrected chi connectivity index (χ3v) is 4.97. The second-order valence-electron chi connectivity index (χ2n) is 5.93. The van der Waals surface area contributed by atoms with Crippen LogP contribution in [0.5, 0.6) is 5.75 Å². The highest BCUT2D eigenvalue weighted by Gasteiger charge is 2.26. The molecule has 2 aromatic carbocycles. The van der Waals surface area contributed by atoms with E-state index in [1.165, 1.54) is 0 Å². The van der Waals surface area contributed by atoms with E-state index in [9.17, 15) is 4.21 Å². The Kier molecular flexibility index (Phi) is 5.37. The third kappa shape index (κ3) is 3.76. The predicted molar refractivity (Wildman–Crippen MR) is 90.5 cm³/mol. The van der Waals surface area contributed by atoms with E-state index in [1.807, 2.05) is 69.3 Å². The molecule has 0 N–H and O–H groups in total. The maximum atomic E-state index is 12.8. The average Bonchev–Trinajstić information content (AvgIpc) is 2.52. The average molecular weight is 318 g/mol. The molecule has 0 fully saturated rings. The predicted octanol–water partition coefficient (Wildman–Crippen LogP) is 4.24. The number of hydrogen-bond acceptors (Lipinski definition) is 3. The zero-order valence-corrected chi connectivity index (χ0v) is 14.3. The quantitative estimate of drug-likeness (QED) is 0.773. The van der Waals surface area contributed by atoms with Crippen LogP contribution < -0.4 is 4.74 Å². The first-order valence-electron chi connectivity index (χ1n) is 7.17. The Morgan fingerprint density at radius 3 is 2.27 bits per heavy atom. The summed E-state index contributed by atoms with van der Waals surface area (Å²) in [5.41, 5.74) is 1.95. The molecular formula is C18H22O3S. The van der Waals surface area contributed by atoms with Gasteiger partial charge in [-0.2, -0.15) is 0 Å². The number of para-hydroxylation sites is 1. The van der Waals surface area contributed by atoms with Crippen LogP contribution in [0.2, 0.25) is 0 Å². The van der Waals surface area contributed by atoms with E-state index >= 15 is 0 Å². The first-order chi connectivity index (χ1) is 10.4. The van der Waals surface area contributed by atoms with Crippen molar-refractivity contribution in [3.05, 3.63) is 48.5 Å². The zero-order chi connectivity index (χ0) is 16.2. The first-order valence-corrected chi connectivity index (χ1v) is 8.32. The minimum Gasteiger partial charge on any atom is -0.466 e. The lowest BCUT2D eigenvalue weighted by molar-refractivity contribution is 0.0495. The summed E-state index contributed by atoms with van der Waals surface area (Å²) in [6, 6.07) is 15.7. The van der Waals surface area contributed by atoms with Gasteiger partial charge in [-0.05, 0) is 32.4 Å². The van der Waals surface area contributed by atoms with Gasteiger partial charge in [0.05, 0.1) is 15.7 Å². The van der Waals surface area contributed by atoms with Gasteiger partial charge in [0.2, 0.25) is 0 Å². The third-order valence-electron chi connectivity index (χ3n) is 3.14. The Morgan fingerprint density at radius 1 is 1.00 bits per heavy atom. The van der Waals surface area contributed by atoms with Crippen molar-refractivity contribution in [2.75, 3.05) is 13.9 Å². The molecule has 118 valence electrons. The fraction of sp³-hybridized carbons (Fsp3) is 0.333. The SMILES string of the molecule is COCOc1c(-c2ccccc2)cccc1[S@](=O)C(C)(C)C. The van der Waals surface area contributed by atoms with E-state index in [1.54, 1.807) is 7.11 Å². The summed E-state index contributed by atoms with van der Waals surface area (Å²) in [6.45, 7) is 5.99. The van der Waals surface area contributed by atoms with Crippen LogP contribution >= 0.6 is 0 Å². The van der Waals surface area contributed by atoms with Gasteiger partial charge < -0.3 is 9.47 Å². The van der Waals surface area contributed by atoms with E-state index in [-0.39, 0.29) is 11.5 Å². The molecule has 0 saturated carbocycles. The van der Waals surface area contributed by atoms with Crippen molar-refractivity contribution in [3.8, 4) is 16.9 Å². The fourth-order valence-corrected chi connectivity index (χ4v) is 3.30. The molecule has 0 aliphatic heterocycles. The Hall–Kier alpha value is -1.65. The summed E-state index contributed by atoms with van der Waals surface area (Å²) in [7, 11) is 0.395. The molecule has 0 bridgehead atoms. The molecule has 2 rings (SSSR count). The monoisotopic (exact) mass is 318 g/mol. The Morgan fingerprint density at radius 2 is 1.68 bits per heavy atom. The summed E-state index contributed by atoms with van der Waals surface area (Å²) >= 11 is 0. The zero-order valence-electron chi connectivity index (χ0n) is 13.5. The van der Waals surface area contributed by atoms with Crippen molar-refractivity contribution in [3.63, 3.8) is 0 Å². The molecule has 3 nitrogen and oxygen atoms in total. The molecule has 0 heterocycles. The molecule has 4 heteroatoms. The van der Waals surface area contributed by atoms with Gasteiger partial charge in [-0.1, -0.05) is 42.5 Å². The van der Waals surface area contributed by atoms with Crippen LogP contribution in [0.3, 0.4) is 0 Å². The molecule has 1 atom stereocenters. The van der Waals surface area contributed by atoms with E-state index in [0.29, 0.717) is 10.6 Å². The number of hydrogen-bond donors (Lipinski definition) is 0. The van der Waals surface area contributed by atoms with E-state index in [4.69, 9.17) is 9.47 Å². The standard InChI is InChI=1S/C18H22O3S/c1-18(2,3)22(19)16-12-8-11-15(17(16)21-13-20-4)14-9-6-5-7-10-14/h5-12H,13H2,1-4H3/t22-/m0/s1. The molecular weight excluding hydrogens is 296 g/mol. The fourth-order valence-electron chi connectivity index (χ4n) is 2.10. The summed E-state index contributed by atoms with van der Waals surface area (Å²) in [6.07, 6.45) is 0. The van der Waals surface area contributed by atoms with E-state index in [2.05, 4.69) is 0 Å². The molecule has 0 amide bonds. The normalized spacial score (nSPS) is 12.9. The molecule has 0 saturated heterocycles. The molecule has 0 radical (unpaired) electrons. The van der Waals surface area contributed by atoms with Gasteiger partial charge >= 0.3 is 0 Å². The highest BCUT2D eigenvalue weighted by Crippen LogP contribution is 2.37. The molecule has 0 aliphatic carbocycles. The lowest BCUT2D eigenvalue weighted by Crippen LogP contribution is -2.22. The van der Waals surface area contributed by atoms with Crippen molar-refractivity contribution in [2.45, 2.75) is 30.4 Å². The minimum absolute atomic E-state index is 0.123. The summed E-state index contributed by atoms with van der Waals surface area (Å²) in [5.74, 6) is 0.629. The minimum atomic E-state index is -1.18. The number of benzene rings is 2. The Bertz CT molecular complexity index is 645. The topological polar surface area (TPSA) is 35.5 Å². The number of methoxy groups -OCH3 is 1. The maximum absolute atomic E-state index is 12.8. The second kappa shape index (κ2) is 7.07. The van der Waals surface area contributed by atoms with Gasteiger partial charge in [-0.25, -0.2) is 0 Å². The molecule has 0 spiro atoms. The van der Waals surface area contributed by atoms with Crippen molar-refractivity contribution < 1.29 is 13.7 Å².